The van der Waals surface area contributed by atoms with Crippen LogP contribution in [0.3, 0.4) is 0 Å². The van der Waals surface area contributed by atoms with E-state index in [-0.39, 0.29) is 12.5 Å². The number of hydrogen-bond acceptors (Lipinski definition) is 3. The standard InChI is InChI=1S/C14H18Cl2N2O2/c15-12-4-3-10(8-13(12)16)14(20)18(6-7-19)9-11-2-1-5-17-11/h3-4,8,11,17,19H,1-2,5-7,9H2. The topological polar surface area (TPSA) is 52.6 Å². The number of rotatable bonds is 5. The summed E-state index contributed by atoms with van der Waals surface area (Å²) >= 11 is 11.8. The van der Waals surface area contributed by atoms with E-state index >= 15 is 0 Å². The van der Waals surface area contributed by atoms with E-state index in [0.717, 1.165) is 19.4 Å². The Morgan fingerprint density at radius 2 is 2.20 bits per heavy atom. The highest BCUT2D eigenvalue weighted by Gasteiger charge is 2.22. The molecule has 1 unspecified atom stereocenters. The van der Waals surface area contributed by atoms with Crippen LogP contribution in [0.2, 0.25) is 10.0 Å². The van der Waals surface area contributed by atoms with Gasteiger partial charge in [0.2, 0.25) is 0 Å². The van der Waals surface area contributed by atoms with Gasteiger partial charge < -0.3 is 15.3 Å². The molecule has 1 aliphatic rings. The fourth-order valence-corrected chi connectivity index (χ4v) is 2.68. The molecule has 1 aliphatic heterocycles. The van der Waals surface area contributed by atoms with Crippen LogP contribution < -0.4 is 5.32 Å². The van der Waals surface area contributed by atoms with E-state index in [1.165, 1.54) is 0 Å². The van der Waals surface area contributed by atoms with Gasteiger partial charge >= 0.3 is 0 Å². The zero-order valence-electron chi connectivity index (χ0n) is 11.1. The van der Waals surface area contributed by atoms with Crippen LogP contribution in [0.15, 0.2) is 18.2 Å². The molecule has 20 heavy (non-hydrogen) atoms. The Hall–Kier alpha value is -0.810. The third-order valence-corrected chi connectivity index (χ3v) is 4.17. The number of benzene rings is 1. The number of nitrogens with zero attached hydrogens (tertiary/aromatic N) is 1. The molecule has 1 saturated heterocycles. The molecule has 1 atom stereocenters. The fourth-order valence-electron chi connectivity index (χ4n) is 2.39. The molecule has 0 saturated carbocycles. The lowest BCUT2D eigenvalue weighted by Crippen LogP contribution is -2.42. The van der Waals surface area contributed by atoms with Crippen LogP contribution in [0.25, 0.3) is 0 Å². The van der Waals surface area contributed by atoms with Crippen LogP contribution >= 0.6 is 23.2 Å². The van der Waals surface area contributed by atoms with Crippen molar-refractivity contribution in [2.24, 2.45) is 0 Å². The second kappa shape index (κ2) is 7.27. The van der Waals surface area contributed by atoms with Gasteiger partial charge in [-0.25, -0.2) is 0 Å². The van der Waals surface area contributed by atoms with Crippen LogP contribution in [0, 0.1) is 0 Å². The number of halogens is 2. The van der Waals surface area contributed by atoms with Crippen LogP contribution in [-0.4, -0.2) is 48.2 Å². The first-order valence-electron chi connectivity index (χ1n) is 6.70. The predicted octanol–water partition coefficient (Wildman–Crippen LogP) is 2.18. The van der Waals surface area contributed by atoms with Crippen LogP contribution in [0.4, 0.5) is 0 Å². The van der Waals surface area contributed by atoms with Gasteiger partial charge in [0.25, 0.3) is 5.91 Å². The number of carbonyl (C=O) groups is 1. The quantitative estimate of drug-likeness (QED) is 0.875. The van der Waals surface area contributed by atoms with Crippen molar-refractivity contribution in [1.82, 2.24) is 10.2 Å². The van der Waals surface area contributed by atoms with E-state index in [1.54, 1.807) is 23.1 Å². The molecule has 0 spiro atoms. The van der Waals surface area contributed by atoms with Crippen molar-refractivity contribution in [3.63, 3.8) is 0 Å². The van der Waals surface area contributed by atoms with Crippen molar-refractivity contribution in [3.05, 3.63) is 33.8 Å². The monoisotopic (exact) mass is 316 g/mol. The zero-order valence-corrected chi connectivity index (χ0v) is 12.6. The molecule has 0 radical (unpaired) electrons. The smallest absolute Gasteiger partial charge is 0.254 e. The van der Waals surface area contributed by atoms with Crippen molar-refractivity contribution in [3.8, 4) is 0 Å². The zero-order chi connectivity index (χ0) is 14.5. The van der Waals surface area contributed by atoms with E-state index in [4.69, 9.17) is 28.3 Å². The van der Waals surface area contributed by atoms with E-state index in [1.807, 2.05) is 0 Å². The molecule has 1 aromatic rings. The normalized spacial score (nSPS) is 18.2. The van der Waals surface area contributed by atoms with E-state index in [2.05, 4.69) is 5.32 Å². The Morgan fingerprint density at radius 3 is 2.80 bits per heavy atom. The molecular formula is C14H18Cl2N2O2. The molecule has 0 bridgehead atoms. The van der Waals surface area contributed by atoms with E-state index in [0.29, 0.717) is 34.7 Å². The molecule has 2 rings (SSSR count). The lowest BCUT2D eigenvalue weighted by atomic mass is 10.1. The number of nitrogens with one attached hydrogen (secondary N) is 1. The van der Waals surface area contributed by atoms with E-state index in [9.17, 15) is 4.79 Å². The second-order valence-electron chi connectivity index (χ2n) is 4.90. The van der Waals surface area contributed by atoms with Crippen LogP contribution in [0.5, 0.6) is 0 Å². The summed E-state index contributed by atoms with van der Waals surface area (Å²) in [5.41, 5.74) is 0.492. The first kappa shape index (κ1) is 15.6. The molecule has 1 amide bonds. The summed E-state index contributed by atoms with van der Waals surface area (Å²) < 4.78 is 0. The first-order chi connectivity index (χ1) is 9.61. The number of aliphatic hydroxyl groups excluding tert-OH is 1. The van der Waals surface area contributed by atoms with Crippen molar-refractivity contribution in [1.29, 1.82) is 0 Å². The highest BCUT2D eigenvalue weighted by molar-refractivity contribution is 6.42. The summed E-state index contributed by atoms with van der Waals surface area (Å²) in [6.45, 7) is 1.84. The molecular weight excluding hydrogens is 299 g/mol. The van der Waals surface area contributed by atoms with Gasteiger partial charge in [-0.2, -0.15) is 0 Å². The largest absolute Gasteiger partial charge is 0.395 e. The summed E-state index contributed by atoms with van der Waals surface area (Å²) in [5, 5.41) is 13.3. The number of amides is 1. The minimum absolute atomic E-state index is 0.0558. The highest BCUT2D eigenvalue weighted by Crippen LogP contribution is 2.23. The van der Waals surface area contributed by atoms with Crippen LogP contribution in [-0.2, 0) is 0 Å². The van der Waals surface area contributed by atoms with Gasteiger partial charge in [-0.1, -0.05) is 23.2 Å². The van der Waals surface area contributed by atoms with Crippen molar-refractivity contribution in [2.45, 2.75) is 18.9 Å². The third kappa shape index (κ3) is 3.85. The third-order valence-electron chi connectivity index (χ3n) is 3.43. The summed E-state index contributed by atoms with van der Waals surface area (Å²) in [6, 6.07) is 5.14. The maximum Gasteiger partial charge on any atom is 0.254 e. The van der Waals surface area contributed by atoms with E-state index < -0.39 is 0 Å². The van der Waals surface area contributed by atoms with Gasteiger partial charge in [0.15, 0.2) is 0 Å². The molecule has 1 heterocycles. The molecule has 0 aromatic heterocycles. The maximum atomic E-state index is 12.5. The average molecular weight is 317 g/mol. The Balaban J connectivity index is 2.10. The van der Waals surface area contributed by atoms with Crippen LogP contribution in [0.1, 0.15) is 23.2 Å². The second-order valence-corrected chi connectivity index (χ2v) is 5.71. The molecule has 2 N–H and O–H groups in total. The number of hydrogen-bond donors (Lipinski definition) is 2. The number of carbonyl (C=O) groups excluding carboxylic acids is 1. The fraction of sp³-hybridized carbons (Fsp3) is 0.500. The van der Waals surface area contributed by atoms with Crippen molar-refractivity contribution >= 4 is 29.1 Å². The Kier molecular flexibility index (Phi) is 5.66. The molecule has 0 aliphatic carbocycles. The summed E-state index contributed by atoms with van der Waals surface area (Å²) in [6.07, 6.45) is 2.18. The minimum Gasteiger partial charge on any atom is -0.395 e. The van der Waals surface area contributed by atoms with Crippen molar-refractivity contribution in [2.75, 3.05) is 26.2 Å². The SMILES string of the molecule is O=C(c1ccc(Cl)c(Cl)c1)N(CCO)CC1CCCN1. The lowest BCUT2D eigenvalue weighted by molar-refractivity contribution is 0.0706. The van der Waals surface area contributed by atoms with Gasteiger partial charge in [-0.3, -0.25) is 4.79 Å². The average Bonchev–Trinajstić information content (AvgIpc) is 2.93. The van der Waals surface area contributed by atoms with Gasteiger partial charge in [-0.15, -0.1) is 0 Å². The number of aliphatic hydroxyl groups is 1. The first-order valence-corrected chi connectivity index (χ1v) is 7.46. The van der Waals surface area contributed by atoms with Gasteiger partial charge in [0.1, 0.15) is 0 Å². The highest BCUT2D eigenvalue weighted by atomic mass is 35.5. The maximum absolute atomic E-state index is 12.5. The molecule has 1 fully saturated rings. The minimum atomic E-state index is -0.133. The Morgan fingerprint density at radius 1 is 1.40 bits per heavy atom. The Bertz CT molecular complexity index is 476. The molecule has 110 valence electrons. The molecule has 1 aromatic carbocycles. The van der Waals surface area contributed by atoms with Gasteiger partial charge in [0, 0.05) is 24.7 Å². The molecule has 6 heteroatoms. The van der Waals surface area contributed by atoms with Gasteiger partial charge in [-0.05, 0) is 37.6 Å². The summed E-state index contributed by atoms with van der Waals surface area (Å²) in [5.74, 6) is -0.133. The van der Waals surface area contributed by atoms with Gasteiger partial charge in [0.05, 0.1) is 16.7 Å². The summed E-state index contributed by atoms with van der Waals surface area (Å²) in [4.78, 5) is 14.1. The predicted molar refractivity (Wildman–Crippen MR) is 80.5 cm³/mol. The Labute approximate surface area is 128 Å². The summed E-state index contributed by atoms with van der Waals surface area (Å²) in [7, 11) is 0. The van der Waals surface area contributed by atoms with Crippen molar-refractivity contribution < 1.29 is 9.90 Å². The lowest BCUT2D eigenvalue weighted by Gasteiger charge is -2.25. The molecule has 4 nitrogen and oxygen atoms in total.